The summed E-state index contributed by atoms with van der Waals surface area (Å²) >= 11 is 0. The number of nitrogens with zero attached hydrogens (tertiary/aromatic N) is 2. The van der Waals surface area contributed by atoms with E-state index in [4.69, 9.17) is 4.74 Å². The van der Waals surface area contributed by atoms with Crippen molar-refractivity contribution in [1.29, 1.82) is 0 Å². The fourth-order valence-electron chi connectivity index (χ4n) is 2.00. The Morgan fingerprint density at radius 3 is 2.82 bits per heavy atom. The molecule has 1 saturated heterocycles. The van der Waals surface area contributed by atoms with Gasteiger partial charge in [-0.15, -0.1) is 0 Å². The number of carbonyl (C=O) groups excluding carboxylic acids is 2. The van der Waals surface area contributed by atoms with E-state index >= 15 is 0 Å². The molecule has 5 heteroatoms. The van der Waals surface area contributed by atoms with Gasteiger partial charge in [-0.25, -0.2) is 0 Å². The van der Waals surface area contributed by atoms with Gasteiger partial charge in [0, 0.05) is 26.1 Å². The molecule has 1 fully saturated rings. The van der Waals surface area contributed by atoms with E-state index in [1.54, 1.807) is 0 Å². The molecule has 0 N–H and O–H groups in total. The largest absolute Gasteiger partial charge is 0.466 e. The first-order chi connectivity index (χ1) is 8.26. The second-order valence-corrected chi connectivity index (χ2v) is 4.25. The summed E-state index contributed by atoms with van der Waals surface area (Å²) in [6.07, 6.45) is 3.25. The maximum atomic E-state index is 11.2. The van der Waals surface area contributed by atoms with Crippen LogP contribution in [0.5, 0.6) is 0 Å². The molecule has 0 aromatic carbocycles. The standard InChI is InChI=1S/C12H22N2O3/c1-2-17-12(16)5-3-6-13-7-4-8-14(11-15)10-9-13/h11H,2-10H2,1H3. The summed E-state index contributed by atoms with van der Waals surface area (Å²) in [5, 5.41) is 0. The number of rotatable bonds is 6. The van der Waals surface area contributed by atoms with E-state index in [1.807, 2.05) is 11.8 Å². The Morgan fingerprint density at radius 1 is 1.29 bits per heavy atom. The molecule has 0 bridgehead atoms. The monoisotopic (exact) mass is 242 g/mol. The van der Waals surface area contributed by atoms with Crippen LogP contribution in [0.25, 0.3) is 0 Å². The summed E-state index contributed by atoms with van der Waals surface area (Å²) in [4.78, 5) is 25.9. The van der Waals surface area contributed by atoms with Crippen LogP contribution in [-0.4, -0.2) is 61.5 Å². The number of esters is 1. The Kier molecular flexibility index (Phi) is 6.62. The first-order valence-electron chi connectivity index (χ1n) is 6.33. The van der Waals surface area contributed by atoms with Crippen LogP contribution in [0.3, 0.4) is 0 Å². The van der Waals surface area contributed by atoms with Crippen LogP contribution in [0.4, 0.5) is 0 Å². The number of hydrogen-bond acceptors (Lipinski definition) is 4. The lowest BCUT2D eigenvalue weighted by molar-refractivity contribution is -0.143. The van der Waals surface area contributed by atoms with E-state index in [1.165, 1.54) is 0 Å². The molecule has 0 saturated carbocycles. The molecule has 1 rings (SSSR count). The molecule has 0 radical (unpaired) electrons. The van der Waals surface area contributed by atoms with Gasteiger partial charge in [0.25, 0.3) is 0 Å². The molecule has 0 atom stereocenters. The van der Waals surface area contributed by atoms with Crippen LogP contribution in [0.15, 0.2) is 0 Å². The SMILES string of the molecule is CCOC(=O)CCCN1CCCN(C=O)CC1. The van der Waals surface area contributed by atoms with Crippen molar-refractivity contribution in [1.82, 2.24) is 9.80 Å². The van der Waals surface area contributed by atoms with Crippen molar-refractivity contribution < 1.29 is 14.3 Å². The average molecular weight is 242 g/mol. The van der Waals surface area contributed by atoms with Gasteiger partial charge in [-0.2, -0.15) is 0 Å². The average Bonchev–Trinajstić information content (AvgIpc) is 2.55. The molecule has 0 unspecified atom stereocenters. The Morgan fingerprint density at radius 2 is 2.12 bits per heavy atom. The number of carbonyl (C=O) groups is 2. The quantitative estimate of drug-likeness (QED) is 0.502. The lowest BCUT2D eigenvalue weighted by Gasteiger charge is -2.19. The van der Waals surface area contributed by atoms with Gasteiger partial charge in [0.1, 0.15) is 0 Å². The molecular weight excluding hydrogens is 220 g/mol. The zero-order valence-corrected chi connectivity index (χ0v) is 10.6. The predicted octanol–water partition coefficient (Wildman–Crippen LogP) is 0.494. The molecule has 0 aromatic heterocycles. The van der Waals surface area contributed by atoms with Crippen LogP contribution >= 0.6 is 0 Å². The maximum Gasteiger partial charge on any atom is 0.305 e. The molecule has 98 valence electrons. The Bertz CT molecular complexity index is 246. The predicted molar refractivity (Wildman–Crippen MR) is 64.6 cm³/mol. The lowest BCUT2D eigenvalue weighted by atomic mass is 10.3. The van der Waals surface area contributed by atoms with Crippen molar-refractivity contribution in [2.24, 2.45) is 0 Å². The van der Waals surface area contributed by atoms with Gasteiger partial charge in [0.15, 0.2) is 0 Å². The number of hydrogen-bond donors (Lipinski definition) is 0. The minimum Gasteiger partial charge on any atom is -0.466 e. The highest BCUT2D eigenvalue weighted by atomic mass is 16.5. The van der Waals surface area contributed by atoms with E-state index in [9.17, 15) is 9.59 Å². The van der Waals surface area contributed by atoms with Gasteiger partial charge in [-0.1, -0.05) is 0 Å². The zero-order chi connectivity index (χ0) is 12.5. The van der Waals surface area contributed by atoms with Gasteiger partial charge in [0.05, 0.1) is 6.61 Å². The van der Waals surface area contributed by atoms with Crippen LogP contribution in [0, 0.1) is 0 Å². The Hall–Kier alpha value is -1.10. The van der Waals surface area contributed by atoms with Crippen molar-refractivity contribution in [3.05, 3.63) is 0 Å². The molecule has 0 aliphatic carbocycles. The summed E-state index contributed by atoms with van der Waals surface area (Å²) in [6.45, 7) is 6.73. The first-order valence-corrected chi connectivity index (χ1v) is 6.33. The summed E-state index contributed by atoms with van der Waals surface area (Å²) in [5.41, 5.74) is 0. The van der Waals surface area contributed by atoms with Crippen molar-refractivity contribution >= 4 is 12.4 Å². The summed E-state index contributed by atoms with van der Waals surface area (Å²) in [7, 11) is 0. The van der Waals surface area contributed by atoms with E-state index in [0.29, 0.717) is 13.0 Å². The highest BCUT2D eigenvalue weighted by molar-refractivity contribution is 5.69. The van der Waals surface area contributed by atoms with Crippen LogP contribution in [0.1, 0.15) is 26.2 Å². The molecule has 5 nitrogen and oxygen atoms in total. The molecule has 0 spiro atoms. The molecular formula is C12H22N2O3. The third kappa shape index (κ3) is 5.68. The third-order valence-corrected chi connectivity index (χ3v) is 2.93. The smallest absolute Gasteiger partial charge is 0.305 e. The van der Waals surface area contributed by atoms with Gasteiger partial charge in [-0.3, -0.25) is 9.59 Å². The molecule has 1 heterocycles. The molecule has 0 aromatic rings. The third-order valence-electron chi connectivity index (χ3n) is 2.93. The van der Waals surface area contributed by atoms with E-state index in [2.05, 4.69) is 4.90 Å². The maximum absolute atomic E-state index is 11.2. The van der Waals surface area contributed by atoms with Gasteiger partial charge in [-0.05, 0) is 32.9 Å². The summed E-state index contributed by atoms with van der Waals surface area (Å²) < 4.78 is 4.88. The van der Waals surface area contributed by atoms with E-state index < -0.39 is 0 Å². The molecule has 17 heavy (non-hydrogen) atoms. The second-order valence-electron chi connectivity index (χ2n) is 4.25. The Labute approximate surface area is 103 Å². The molecule has 1 aliphatic heterocycles. The van der Waals surface area contributed by atoms with E-state index in [-0.39, 0.29) is 5.97 Å². The number of ether oxygens (including phenoxy) is 1. The normalized spacial score (nSPS) is 17.6. The molecule has 1 aliphatic rings. The highest BCUT2D eigenvalue weighted by Crippen LogP contribution is 2.03. The zero-order valence-electron chi connectivity index (χ0n) is 10.6. The van der Waals surface area contributed by atoms with Gasteiger partial charge < -0.3 is 14.5 Å². The minimum atomic E-state index is -0.114. The van der Waals surface area contributed by atoms with Crippen molar-refractivity contribution in [2.75, 3.05) is 39.3 Å². The van der Waals surface area contributed by atoms with Crippen LogP contribution in [0.2, 0.25) is 0 Å². The summed E-state index contributed by atoms with van der Waals surface area (Å²) in [6, 6.07) is 0. The fraction of sp³-hybridized carbons (Fsp3) is 0.833. The highest BCUT2D eigenvalue weighted by Gasteiger charge is 2.13. The summed E-state index contributed by atoms with van der Waals surface area (Å²) in [5.74, 6) is -0.114. The Balaban J connectivity index is 2.14. The lowest BCUT2D eigenvalue weighted by Crippen LogP contribution is -2.31. The van der Waals surface area contributed by atoms with Gasteiger partial charge >= 0.3 is 5.97 Å². The van der Waals surface area contributed by atoms with Crippen LogP contribution in [-0.2, 0) is 14.3 Å². The molecule has 1 amide bonds. The van der Waals surface area contributed by atoms with Gasteiger partial charge in [0.2, 0.25) is 6.41 Å². The van der Waals surface area contributed by atoms with Crippen LogP contribution < -0.4 is 0 Å². The first kappa shape index (κ1) is 14.0. The fourth-order valence-corrected chi connectivity index (χ4v) is 2.00. The number of amides is 1. The minimum absolute atomic E-state index is 0.114. The van der Waals surface area contributed by atoms with Crippen molar-refractivity contribution in [2.45, 2.75) is 26.2 Å². The van der Waals surface area contributed by atoms with Crippen molar-refractivity contribution in [3.63, 3.8) is 0 Å². The van der Waals surface area contributed by atoms with Crippen molar-refractivity contribution in [3.8, 4) is 0 Å². The second kappa shape index (κ2) is 8.06. The van der Waals surface area contributed by atoms with E-state index in [0.717, 1.165) is 52.0 Å². The topological polar surface area (TPSA) is 49.9 Å².